The maximum Gasteiger partial charge on any atom is 0.418 e. The predicted molar refractivity (Wildman–Crippen MR) is 134 cm³/mol. The first-order valence-electron chi connectivity index (χ1n) is 12.1. The summed E-state index contributed by atoms with van der Waals surface area (Å²) in [6.45, 7) is 2.51. The second kappa shape index (κ2) is 9.47. The zero-order chi connectivity index (χ0) is 28.2. The number of pyridine rings is 2. The minimum Gasteiger partial charge on any atom is -0.481 e. The molecule has 2 atom stereocenters. The SMILES string of the molecule is Cc1ccc(F)cc1-c1nc(NS(=O)(=O)c2cccc(N3CCCC4(CC4C(=O)O)C3)n2)ccc1C(F)(F)F. The summed E-state index contributed by atoms with van der Waals surface area (Å²) in [6, 6.07) is 9.25. The summed E-state index contributed by atoms with van der Waals surface area (Å²) in [5, 5.41) is 9.01. The van der Waals surface area contributed by atoms with E-state index in [0.29, 0.717) is 37.0 Å². The summed E-state index contributed by atoms with van der Waals surface area (Å²) < 4.78 is 83.6. The number of aromatic nitrogens is 2. The molecule has 2 fully saturated rings. The van der Waals surface area contributed by atoms with Crippen LogP contribution in [0.5, 0.6) is 0 Å². The van der Waals surface area contributed by atoms with Gasteiger partial charge in [-0.2, -0.15) is 21.6 Å². The number of piperidine rings is 1. The predicted octanol–water partition coefficient (Wildman–Crippen LogP) is 5.10. The molecule has 1 saturated carbocycles. The average molecular weight is 565 g/mol. The molecule has 1 aliphatic heterocycles. The van der Waals surface area contributed by atoms with Crippen LogP contribution in [0, 0.1) is 24.1 Å². The van der Waals surface area contributed by atoms with Gasteiger partial charge >= 0.3 is 12.1 Å². The van der Waals surface area contributed by atoms with Crippen LogP contribution in [0.4, 0.5) is 29.2 Å². The van der Waals surface area contributed by atoms with E-state index in [1.165, 1.54) is 25.1 Å². The summed E-state index contributed by atoms with van der Waals surface area (Å²) in [4.78, 5) is 21.5. The molecule has 2 unspecified atom stereocenters. The third kappa shape index (κ3) is 5.27. The van der Waals surface area contributed by atoms with E-state index in [0.717, 1.165) is 31.0 Å². The Bertz CT molecular complexity index is 1560. The number of nitrogens with zero attached hydrogens (tertiary/aromatic N) is 3. The molecule has 2 aliphatic rings. The lowest BCUT2D eigenvalue weighted by Crippen LogP contribution is -2.38. The fraction of sp³-hybridized carbons (Fsp3) is 0.346. The van der Waals surface area contributed by atoms with E-state index in [1.54, 1.807) is 6.07 Å². The topological polar surface area (TPSA) is 112 Å². The molecule has 2 N–H and O–H groups in total. The Morgan fingerprint density at radius 3 is 2.62 bits per heavy atom. The molecule has 8 nitrogen and oxygen atoms in total. The van der Waals surface area contributed by atoms with Gasteiger partial charge in [0.05, 0.1) is 17.2 Å². The number of benzene rings is 1. The van der Waals surface area contributed by atoms with Crippen LogP contribution in [0.25, 0.3) is 11.3 Å². The second-order valence-corrected chi connectivity index (χ2v) is 11.6. The van der Waals surface area contributed by atoms with Gasteiger partial charge in [-0.3, -0.25) is 9.52 Å². The molecule has 2 aromatic heterocycles. The minimum absolute atomic E-state index is 0.123. The highest BCUT2D eigenvalue weighted by molar-refractivity contribution is 7.92. The van der Waals surface area contributed by atoms with Crippen molar-refractivity contribution >= 4 is 27.6 Å². The van der Waals surface area contributed by atoms with Crippen LogP contribution in [-0.4, -0.2) is 42.6 Å². The van der Waals surface area contributed by atoms with Crippen LogP contribution in [0.2, 0.25) is 0 Å². The molecule has 1 spiro atoms. The molecule has 206 valence electrons. The molecule has 39 heavy (non-hydrogen) atoms. The minimum atomic E-state index is -4.82. The zero-order valence-electron chi connectivity index (χ0n) is 20.7. The standard InChI is InChI=1S/C26H24F4N4O4S/c1-15-6-7-16(27)12-17(15)23-18(26(28,29)30)8-9-20(31-23)33-39(37,38)22-5-2-4-21(32-22)34-11-3-10-25(14-34)13-19(25)24(35)36/h2,4-9,12,19H,3,10-11,13-14H2,1H3,(H,31,33)(H,35,36). The monoisotopic (exact) mass is 564 g/mol. The first kappa shape index (κ1) is 26.9. The smallest absolute Gasteiger partial charge is 0.418 e. The number of sulfonamides is 1. The van der Waals surface area contributed by atoms with Crippen LogP contribution < -0.4 is 9.62 Å². The zero-order valence-corrected chi connectivity index (χ0v) is 21.5. The molecule has 0 amide bonds. The van der Waals surface area contributed by atoms with E-state index in [2.05, 4.69) is 14.7 Å². The van der Waals surface area contributed by atoms with E-state index in [-0.39, 0.29) is 16.0 Å². The Hall–Kier alpha value is -3.74. The Morgan fingerprint density at radius 2 is 1.92 bits per heavy atom. The van der Waals surface area contributed by atoms with Gasteiger partial charge in [0.15, 0.2) is 5.03 Å². The second-order valence-electron chi connectivity index (χ2n) is 9.97. The molecule has 13 heteroatoms. The maximum atomic E-state index is 13.9. The number of carboxylic acids is 1. The van der Waals surface area contributed by atoms with Gasteiger partial charge in [0.1, 0.15) is 17.5 Å². The van der Waals surface area contributed by atoms with Crippen molar-refractivity contribution < 1.29 is 35.9 Å². The van der Waals surface area contributed by atoms with Crippen molar-refractivity contribution in [2.24, 2.45) is 11.3 Å². The Labute approximate surface area is 221 Å². The van der Waals surface area contributed by atoms with Gasteiger partial charge in [-0.05, 0) is 68.1 Å². The molecule has 3 aromatic rings. The van der Waals surface area contributed by atoms with Gasteiger partial charge in [-0.15, -0.1) is 0 Å². The third-order valence-electron chi connectivity index (χ3n) is 7.30. The van der Waals surface area contributed by atoms with Gasteiger partial charge in [0, 0.05) is 24.1 Å². The van der Waals surface area contributed by atoms with E-state index >= 15 is 0 Å². The Balaban J connectivity index is 1.44. The van der Waals surface area contributed by atoms with Crippen molar-refractivity contribution in [1.82, 2.24) is 9.97 Å². The fourth-order valence-electron chi connectivity index (χ4n) is 5.22. The van der Waals surface area contributed by atoms with E-state index in [9.17, 15) is 35.9 Å². The lowest BCUT2D eigenvalue weighted by Gasteiger charge is -2.34. The van der Waals surface area contributed by atoms with Crippen LogP contribution in [-0.2, 0) is 21.0 Å². The van der Waals surface area contributed by atoms with E-state index in [4.69, 9.17) is 0 Å². The molecule has 0 radical (unpaired) electrons. The van der Waals surface area contributed by atoms with E-state index in [1.807, 2.05) is 4.90 Å². The number of hydrogen-bond donors (Lipinski definition) is 2. The van der Waals surface area contributed by atoms with Crippen molar-refractivity contribution in [1.29, 1.82) is 0 Å². The Kier molecular flexibility index (Phi) is 6.52. The molecule has 5 rings (SSSR count). The van der Waals surface area contributed by atoms with Crippen LogP contribution in [0.3, 0.4) is 0 Å². The number of anilines is 2. The summed E-state index contributed by atoms with van der Waals surface area (Å²) >= 11 is 0. The van der Waals surface area contributed by atoms with Gasteiger partial charge < -0.3 is 10.0 Å². The molecule has 0 bridgehead atoms. The van der Waals surface area contributed by atoms with Crippen molar-refractivity contribution in [3.63, 3.8) is 0 Å². The lowest BCUT2D eigenvalue weighted by molar-refractivity contribution is -0.139. The summed E-state index contributed by atoms with van der Waals surface area (Å²) in [7, 11) is -4.38. The van der Waals surface area contributed by atoms with Gasteiger partial charge in [-0.25, -0.2) is 14.4 Å². The molecular weight excluding hydrogens is 540 g/mol. The fourth-order valence-corrected chi connectivity index (χ4v) is 6.19. The largest absolute Gasteiger partial charge is 0.481 e. The van der Waals surface area contributed by atoms with Crippen molar-refractivity contribution in [2.45, 2.75) is 37.4 Å². The normalized spacial score (nSPS) is 21.2. The van der Waals surface area contributed by atoms with Crippen molar-refractivity contribution in [3.05, 3.63) is 65.5 Å². The lowest BCUT2D eigenvalue weighted by atomic mass is 9.92. The highest BCUT2D eigenvalue weighted by Crippen LogP contribution is 2.58. The number of hydrogen-bond acceptors (Lipinski definition) is 6. The molecule has 1 aromatic carbocycles. The third-order valence-corrected chi connectivity index (χ3v) is 8.55. The average Bonchev–Trinajstić information content (AvgIpc) is 3.57. The first-order chi connectivity index (χ1) is 18.3. The van der Waals surface area contributed by atoms with E-state index < -0.39 is 51.0 Å². The number of nitrogens with one attached hydrogen (secondary N) is 1. The molecule has 3 heterocycles. The number of rotatable bonds is 6. The number of halogens is 4. The van der Waals surface area contributed by atoms with Gasteiger partial charge in [0.25, 0.3) is 10.0 Å². The number of carboxylic acid groups (broad SMARTS) is 1. The number of alkyl halides is 3. The summed E-state index contributed by atoms with van der Waals surface area (Å²) in [5.41, 5.74) is -1.91. The highest BCUT2D eigenvalue weighted by Gasteiger charge is 2.59. The number of aliphatic carboxylic acids is 1. The first-order valence-corrected chi connectivity index (χ1v) is 13.6. The summed E-state index contributed by atoms with van der Waals surface area (Å²) in [6.07, 6.45) is -2.75. The van der Waals surface area contributed by atoms with Crippen molar-refractivity contribution in [2.75, 3.05) is 22.7 Å². The number of aryl methyl sites for hydroxylation is 1. The van der Waals surface area contributed by atoms with Crippen LogP contribution in [0.15, 0.2) is 53.6 Å². The molecule has 1 aliphatic carbocycles. The number of carbonyl (C=O) groups is 1. The quantitative estimate of drug-likeness (QED) is 0.401. The van der Waals surface area contributed by atoms with Crippen LogP contribution in [0.1, 0.15) is 30.4 Å². The van der Waals surface area contributed by atoms with Crippen LogP contribution >= 0.6 is 0 Å². The van der Waals surface area contributed by atoms with Gasteiger partial charge in [-0.1, -0.05) is 12.1 Å². The molecule has 1 saturated heterocycles. The Morgan fingerprint density at radius 1 is 1.15 bits per heavy atom. The summed E-state index contributed by atoms with van der Waals surface area (Å²) in [5.74, 6) is -2.09. The maximum absolute atomic E-state index is 13.9. The molecular formula is C26H24F4N4O4S. The highest BCUT2D eigenvalue weighted by atomic mass is 32.2. The van der Waals surface area contributed by atoms with Gasteiger partial charge in [0.2, 0.25) is 0 Å². The van der Waals surface area contributed by atoms with Crippen molar-refractivity contribution in [3.8, 4) is 11.3 Å².